The number of rotatable bonds is 20. The molecule has 0 unspecified atom stereocenters. The summed E-state index contributed by atoms with van der Waals surface area (Å²) in [5.41, 5.74) is -4.03. The first-order chi connectivity index (χ1) is 23.0. The third-order valence-electron chi connectivity index (χ3n) is 9.29. The van der Waals surface area contributed by atoms with E-state index in [1.54, 1.807) is 0 Å². The summed E-state index contributed by atoms with van der Waals surface area (Å²) in [6.45, 7) is 3.90. The van der Waals surface area contributed by atoms with Crippen molar-refractivity contribution in [3.8, 4) is 22.6 Å². The maximum Gasteiger partial charge on any atom is 0.314 e. The molecule has 11 heteroatoms. The van der Waals surface area contributed by atoms with Crippen molar-refractivity contribution in [1.29, 1.82) is 0 Å². The topological polar surface area (TPSA) is 35.5 Å². The Morgan fingerprint density at radius 3 is 1.38 bits per heavy atom. The van der Waals surface area contributed by atoms with Gasteiger partial charge >= 0.3 is 5.97 Å². The number of halogens is 8. The molecule has 0 N–H and O–H groups in total. The maximum absolute atomic E-state index is 15.1. The van der Waals surface area contributed by atoms with Gasteiger partial charge in [0.15, 0.2) is 29.0 Å². The number of hydrogen-bond acceptors (Lipinski definition) is 3. The summed E-state index contributed by atoms with van der Waals surface area (Å²) in [7, 11) is 0. The molecule has 1 aliphatic rings. The molecule has 1 aliphatic carbocycles. The number of ether oxygens (including phenoxy) is 2. The number of hydrogen-bond donors (Lipinski definition) is 0. The van der Waals surface area contributed by atoms with Crippen molar-refractivity contribution in [2.45, 2.75) is 136 Å². The average molecular weight is 693 g/mol. The molecular formula is C37H48F8O3. The van der Waals surface area contributed by atoms with Gasteiger partial charge in [-0.2, -0.15) is 17.6 Å². The first kappa shape index (κ1) is 39.6. The minimum absolute atomic E-state index is 0.300. The maximum atomic E-state index is 15.1. The highest BCUT2D eigenvalue weighted by molar-refractivity contribution is 5.76. The summed E-state index contributed by atoms with van der Waals surface area (Å²) in [6, 6.07) is 0. The highest BCUT2D eigenvalue weighted by Gasteiger charge is 2.37. The smallest absolute Gasteiger partial charge is 0.314 e. The Labute approximate surface area is 278 Å². The molecule has 0 atom stereocenters. The second-order valence-electron chi connectivity index (χ2n) is 12.9. The highest BCUT2D eigenvalue weighted by Crippen LogP contribution is 2.42. The van der Waals surface area contributed by atoms with E-state index in [2.05, 4.69) is 6.92 Å². The van der Waals surface area contributed by atoms with Gasteiger partial charge in [0.1, 0.15) is 0 Å². The van der Waals surface area contributed by atoms with Gasteiger partial charge in [-0.25, -0.2) is 17.6 Å². The largest absolute Gasteiger partial charge is 0.487 e. The van der Waals surface area contributed by atoms with Crippen molar-refractivity contribution in [3.05, 3.63) is 46.5 Å². The predicted molar refractivity (Wildman–Crippen MR) is 169 cm³/mol. The zero-order valence-electron chi connectivity index (χ0n) is 28.0. The number of unbranched alkanes of at least 4 members (excludes halogenated alkanes) is 12. The van der Waals surface area contributed by atoms with Crippen LogP contribution in [0.4, 0.5) is 35.1 Å². The Bertz CT molecular complexity index is 1280. The molecule has 1 saturated carbocycles. The quantitative estimate of drug-likeness (QED) is 0.0456. The minimum Gasteiger partial charge on any atom is -0.487 e. The number of carbonyl (C=O) groups is 1. The summed E-state index contributed by atoms with van der Waals surface area (Å²) in [4.78, 5) is 12.7. The first-order valence-electron chi connectivity index (χ1n) is 17.6. The third-order valence-corrected chi connectivity index (χ3v) is 9.29. The molecule has 0 aromatic heterocycles. The molecule has 0 heterocycles. The van der Waals surface area contributed by atoms with Gasteiger partial charge in [-0.05, 0) is 38.0 Å². The van der Waals surface area contributed by atoms with E-state index in [-0.39, 0.29) is 6.61 Å². The van der Waals surface area contributed by atoms with Gasteiger partial charge in [0.05, 0.1) is 23.7 Å². The second-order valence-corrected chi connectivity index (χ2v) is 12.9. The van der Waals surface area contributed by atoms with Crippen LogP contribution in [-0.2, 0) is 4.79 Å². The van der Waals surface area contributed by atoms with Crippen molar-refractivity contribution in [1.82, 2.24) is 0 Å². The lowest BCUT2D eigenvalue weighted by atomic mass is 9.79. The Hall–Kier alpha value is -2.85. The van der Waals surface area contributed by atoms with Crippen molar-refractivity contribution in [3.63, 3.8) is 0 Å². The van der Waals surface area contributed by atoms with Crippen molar-refractivity contribution >= 4 is 5.97 Å². The van der Waals surface area contributed by atoms with E-state index < -0.39 is 81.1 Å². The fourth-order valence-corrected chi connectivity index (χ4v) is 6.37. The zero-order chi connectivity index (χ0) is 35.2. The molecule has 0 aliphatic heterocycles. The summed E-state index contributed by atoms with van der Waals surface area (Å²) in [6.07, 6.45) is 17.3. The molecule has 2 aromatic carbocycles. The minimum atomic E-state index is -2.39. The molecule has 2 aromatic rings. The van der Waals surface area contributed by atoms with E-state index in [1.165, 1.54) is 38.5 Å². The third kappa shape index (κ3) is 10.3. The van der Waals surface area contributed by atoms with E-state index in [1.807, 2.05) is 6.92 Å². The summed E-state index contributed by atoms with van der Waals surface area (Å²) in [5, 5.41) is 0. The SMILES string of the molecule is CCCCCCCCCCC1CCC(C(=O)Oc2c(F)c(F)c(-c3c(F)c(F)c(OCCCCCCCC)c(F)c3F)c(F)c2F)CC1. The van der Waals surface area contributed by atoms with Gasteiger partial charge in [0.2, 0.25) is 29.0 Å². The lowest BCUT2D eigenvalue weighted by Gasteiger charge is -2.27. The van der Waals surface area contributed by atoms with Crippen LogP contribution < -0.4 is 9.47 Å². The molecule has 3 nitrogen and oxygen atoms in total. The van der Waals surface area contributed by atoms with Crippen LogP contribution >= 0.6 is 0 Å². The standard InChI is InChI=1S/C37H48F8O3/c1-3-5-7-9-11-12-13-15-17-23-18-20-24(21-19-23)37(46)48-36-33(44)29(40)26(30(41)34(36)45)25-27(38)31(42)35(32(43)28(25)39)47-22-16-14-10-8-6-4-2/h23-24H,3-22H2,1-2H3. The Balaban J connectivity index is 1.65. The van der Waals surface area contributed by atoms with Gasteiger partial charge in [-0.15, -0.1) is 0 Å². The number of carbonyl (C=O) groups excluding carboxylic acids is 1. The normalized spacial score (nSPS) is 16.4. The Kier molecular flexibility index (Phi) is 16.5. The Morgan fingerprint density at radius 2 is 0.917 bits per heavy atom. The molecule has 0 spiro atoms. The van der Waals surface area contributed by atoms with Gasteiger partial charge in [0, 0.05) is 0 Å². The fourth-order valence-electron chi connectivity index (χ4n) is 6.37. The van der Waals surface area contributed by atoms with Crippen LogP contribution in [0.25, 0.3) is 11.1 Å². The summed E-state index contributed by atoms with van der Waals surface area (Å²) in [5.74, 6) is -22.9. The zero-order valence-corrected chi connectivity index (χ0v) is 28.0. The molecule has 48 heavy (non-hydrogen) atoms. The van der Waals surface area contributed by atoms with E-state index in [0.29, 0.717) is 44.4 Å². The summed E-state index contributed by atoms with van der Waals surface area (Å²) >= 11 is 0. The van der Waals surface area contributed by atoms with Gasteiger partial charge < -0.3 is 9.47 Å². The van der Waals surface area contributed by atoms with Crippen LogP contribution in [0.5, 0.6) is 11.5 Å². The van der Waals surface area contributed by atoms with Gasteiger partial charge in [-0.3, -0.25) is 4.79 Å². The predicted octanol–water partition coefficient (Wildman–Crippen LogP) is 12.4. The van der Waals surface area contributed by atoms with E-state index in [0.717, 1.165) is 44.9 Å². The van der Waals surface area contributed by atoms with E-state index in [4.69, 9.17) is 9.47 Å². The lowest BCUT2D eigenvalue weighted by Crippen LogP contribution is -2.26. The number of esters is 1. The lowest BCUT2D eigenvalue weighted by molar-refractivity contribution is -0.140. The molecule has 0 bridgehead atoms. The van der Waals surface area contributed by atoms with E-state index in [9.17, 15) is 22.4 Å². The van der Waals surface area contributed by atoms with Gasteiger partial charge in [-0.1, -0.05) is 104 Å². The molecular weight excluding hydrogens is 644 g/mol. The van der Waals surface area contributed by atoms with Crippen LogP contribution in [0, 0.1) is 58.4 Å². The van der Waals surface area contributed by atoms with Crippen LogP contribution in [0.3, 0.4) is 0 Å². The molecule has 0 radical (unpaired) electrons. The van der Waals surface area contributed by atoms with Crippen LogP contribution in [-0.4, -0.2) is 12.6 Å². The average Bonchev–Trinajstić information content (AvgIpc) is 3.08. The first-order valence-corrected chi connectivity index (χ1v) is 17.6. The van der Waals surface area contributed by atoms with E-state index >= 15 is 17.6 Å². The van der Waals surface area contributed by atoms with Crippen molar-refractivity contribution in [2.24, 2.45) is 11.8 Å². The van der Waals surface area contributed by atoms with Crippen LogP contribution in [0.2, 0.25) is 0 Å². The fraction of sp³-hybridized carbons (Fsp3) is 0.649. The second kappa shape index (κ2) is 20.0. The molecule has 0 saturated heterocycles. The van der Waals surface area contributed by atoms with Gasteiger partial charge in [0.25, 0.3) is 0 Å². The highest BCUT2D eigenvalue weighted by atomic mass is 19.2. The number of benzene rings is 2. The summed E-state index contributed by atoms with van der Waals surface area (Å²) < 4.78 is 129. The molecule has 0 amide bonds. The van der Waals surface area contributed by atoms with Crippen molar-refractivity contribution < 1.29 is 49.4 Å². The molecule has 1 fully saturated rings. The van der Waals surface area contributed by atoms with Crippen LogP contribution in [0.1, 0.15) is 136 Å². The molecule has 270 valence electrons. The van der Waals surface area contributed by atoms with Crippen molar-refractivity contribution in [2.75, 3.05) is 6.61 Å². The monoisotopic (exact) mass is 692 g/mol. The molecule has 3 rings (SSSR count). The Morgan fingerprint density at radius 1 is 0.521 bits per heavy atom. The van der Waals surface area contributed by atoms with Crippen LogP contribution in [0.15, 0.2) is 0 Å².